The van der Waals surface area contributed by atoms with Gasteiger partial charge in [-0.2, -0.15) is 0 Å². The summed E-state index contributed by atoms with van der Waals surface area (Å²) in [5.74, 6) is -0.246. The van der Waals surface area contributed by atoms with Gasteiger partial charge in [0.15, 0.2) is 0 Å². The van der Waals surface area contributed by atoms with Gasteiger partial charge in [-0.15, -0.1) is 11.8 Å². The molecule has 354 valence electrons. The van der Waals surface area contributed by atoms with E-state index in [0.29, 0.717) is 25.3 Å². The zero-order valence-electron chi connectivity index (χ0n) is 38.0. The van der Waals surface area contributed by atoms with Gasteiger partial charge in [-0.05, 0) is 116 Å². The summed E-state index contributed by atoms with van der Waals surface area (Å²) in [4.78, 5) is 35.1. The number of aliphatic hydroxyl groups is 1. The zero-order valence-corrected chi connectivity index (χ0v) is 40.4. The zero-order chi connectivity index (χ0) is 46.7. The van der Waals surface area contributed by atoms with Gasteiger partial charge in [0.25, 0.3) is 21.6 Å². The van der Waals surface area contributed by atoms with Crippen LogP contribution in [0.3, 0.4) is 0 Å². The molecule has 4 aromatic rings. The lowest BCUT2D eigenvalue weighted by Gasteiger charge is -2.43. The predicted octanol–water partition coefficient (Wildman–Crippen LogP) is 6.93. The second kappa shape index (κ2) is 23.0. The molecule has 2 saturated heterocycles. The highest BCUT2D eigenvalue weighted by molar-refractivity contribution is 7.99. The minimum atomic E-state index is -4.47. The maximum absolute atomic E-state index is 13.5. The van der Waals surface area contributed by atoms with E-state index in [0.717, 1.165) is 106 Å². The summed E-state index contributed by atoms with van der Waals surface area (Å²) in [6.45, 7) is 13.2. The third-order valence-electron chi connectivity index (χ3n) is 12.9. The Labute approximate surface area is 399 Å². The van der Waals surface area contributed by atoms with Crippen LogP contribution >= 0.6 is 23.4 Å². The minimum Gasteiger partial charge on any atom is -0.395 e. The number of piperazine rings is 2. The molecular weight excluding hydrogens is 896 g/mol. The Morgan fingerprint density at radius 3 is 2.35 bits per heavy atom. The number of nitrogens with zero attached hydrogens (tertiary/aromatic N) is 5. The van der Waals surface area contributed by atoms with E-state index in [9.17, 15) is 28.4 Å². The van der Waals surface area contributed by atoms with Crippen molar-refractivity contribution in [2.45, 2.75) is 48.4 Å². The number of carbonyl (C=O) groups is 1. The van der Waals surface area contributed by atoms with Crippen molar-refractivity contribution >= 4 is 61.9 Å². The Balaban J connectivity index is 0.962. The van der Waals surface area contributed by atoms with E-state index in [1.807, 2.05) is 66.5 Å². The van der Waals surface area contributed by atoms with Crippen molar-refractivity contribution in [2.75, 3.05) is 108 Å². The van der Waals surface area contributed by atoms with Crippen molar-refractivity contribution in [1.82, 2.24) is 24.7 Å². The fourth-order valence-corrected chi connectivity index (χ4v) is 11.4. The molecular formula is C49H63ClN8O6S2. The van der Waals surface area contributed by atoms with Gasteiger partial charge in [-0.3, -0.25) is 19.8 Å². The highest BCUT2D eigenvalue weighted by Gasteiger charge is 2.35. The van der Waals surface area contributed by atoms with Crippen molar-refractivity contribution in [3.63, 3.8) is 0 Å². The standard InChI is InChI=1S/C49H63ClN8O6S2/c1-49(36-56-24-21-51-22-25-56)20-18-45(37-8-12-40(50)13-9-37)39(33-49)34-55-26-28-57(29-27-55)42-14-10-38(11-15-42)48(60)53-66(63,64)44-16-17-46(47(32-44)58(61)62)52-41(19-23-54(2)30-31-59)35-65-43-6-4-3-5-7-43/h3-17,32,41,51-52,59H,18-31,33-36H2,1-2H3,(H,53,60). The first-order chi connectivity index (χ1) is 31.8. The number of carbonyl (C=O) groups excluding carboxylic acids is 1. The number of amides is 1. The maximum Gasteiger partial charge on any atom is 0.293 e. The number of benzene rings is 4. The molecule has 4 aromatic carbocycles. The largest absolute Gasteiger partial charge is 0.395 e. The summed E-state index contributed by atoms with van der Waals surface area (Å²) < 4.78 is 29.2. The molecule has 0 radical (unpaired) electrons. The summed E-state index contributed by atoms with van der Waals surface area (Å²) in [7, 11) is -2.58. The number of nitrogens with one attached hydrogen (secondary N) is 3. The third-order valence-corrected chi connectivity index (χ3v) is 15.7. The lowest BCUT2D eigenvalue weighted by molar-refractivity contribution is -0.384. The number of hydrogen-bond donors (Lipinski definition) is 4. The number of likely N-dealkylation sites (N-methyl/N-ethyl adjacent to an activating group) is 1. The molecule has 0 bridgehead atoms. The Morgan fingerprint density at radius 2 is 1.67 bits per heavy atom. The van der Waals surface area contributed by atoms with Crippen molar-refractivity contribution < 1.29 is 23.2 Å². The molecule has 0 aromatic heterocycles. The second-order valence-electron chi connectivity index (χ2n) is 18.1. The van der Waals surface area contributed by atoms with E-state index in [1.54, 1.807) is 23.9 Å². The molecule has 66 heavy (non-hydrogen) atoms. The molecule has 1 aliphatic carbocycles. The fraction of sp³-hybridized carbons (Fsp3) is 0.449. The highest BCUT2D eigenvalue weighted by atomic mass is 35.5. The molecule has 0 saturated carbocycles. The summed E-state index contributed by atoms with van der Waals surface area (Å²) in [5.41, 5.74) is 5.27. The molecule has 2 unspecified atom stereocenters. The van der Waals surface area contributed by atoms with E-state index in [4.69, 9.17) is 11.6 Å². The lowest BCUT2D eigenvalue weighted by atomic mass is 9.71. The van der Waals surface area contributed by atoms with Gasteiger partial charge in [-0.25, -0.2) is 13.1 Å². The van der Waals surface area contributed by atoms with E-state index in [2.05, 4.69) is 49.1 Å². The maximum atomic E-state index is 13.5. The summed E-state index contributed by atoms with van der Waals surface area (Å²) in [6, 6.07) is 28.4. The average Bonchev–Trinajstić information content (AvgIpc) is 3.31. The van der Waals surface area contributed by atoms with Crippen LogP contribution in [0, 0.1) is 15.5 Å². The first-order valence-electron chi connectivity index (χ1n) is 22.8. The van der Waals surface area contributed by atoms with Crippen molar-refractivity contribution in [1.29, 1.82) is 0 Å². The predicted molar refractivity (Wildman–Crippen MR) is 266 cm³/mol. The Morgan fingerprint density at radius 1 is 0.955 bits per heavy atom. The molecule has 2 heterocycles. The molecule has 2 aliphatic heterocycles. The van der Waals surface area contributed by atoms with Gasteiger partial charge in [0.2, 0.25) is 0 Å². The summed E-state index contributed by atoms with van der Waals surface area (Å²) in [5, 5.41) is 29.2. The van der Waals surface area contributed by atoms with Gasteiger partial charge in [0.05, 0.1) is 16.4 Å². The van der Waals surface area contributed by atoms with E-state index in [1.165, 1.54) is 28.8 Å². The number of nitro groups is 1. The third kappa shape index (κ3) is 13.6. The number of sulfonamides is 1. The highest BCUT2D eigenvalue weighted by Crippen LogP contribution is 2.44. The van der Waals surface area contributed by atoms with E-state index < -0.39 is 31.4 Å². The molecule has 7 rings (SSSR count). The van der Waals surface area contributed by atoms with Gasteiger partial charge in [0.1, 0.15) is 5.69 Å². The Bertz CT molecular complexity index is 2400. The van der Waals surface area contributed by atoms with Crippen molar-refractivity contribution in [3.8, 4) is 0 Å². The minimum absolute atomic E-state index is 0.0135. The number of allylic oxidation sites excluding steroid dienone is 1. The van der Waals surface area contributed by atoms with E-state index in [-0.39, 0.29) is 29.3 Å². The van der Waals surface area contributed by atoms with Crippen LogP contribution in [0.1, 0.15) is 48.5 Å². The van der Waals surface area contributed by atoms with Gasteiger partial charge in [-0.1, -0.05) is 54.4 Å². The average molecular weight is 960 g/mol. The number of rotatable bonds is 20. The molecule has 17 heteroatoms. The van der Waals surface area contributed by atoms with Crippen LogP contribution in [0.2, 0.25) is 5.02 Å². The smallest absolute Gasteiger partial charge is 0.293 e. The van der Waals surface area contributed by atoms with Crippen LogP contribution < -0.4 is 20.3 Å². The number of thioether (sulfide) groups is 1. The summed E-state index contributed by atoms with van der Waals surface area (Å²) >= 11 is 7.89. The summed E-state index contributed by atoms with van der Waals surface area (Å²) in [6.07, 6.45) is 3.88. The molecule has 2 atom stereocenters. The topological polar surface area (TPSA) is 164 Å². The SMILES string of the molecule is CN(CCO)CCC(CSc1ccccc1)Nc1ccc(S(=O)(=O)NC(=O)c2ccc(N3CCN(CC4=C(c5ccc(Cl)cc5)CCC(C)(CN5CCNCC5)C4)CC3)cc2)cc1[N+](=O)[O-]. The Kier molecular flexibility index (Phi) is 17.2. The fourth-order valence-electron chi connectivity index (χ4n) is 9.25. The number of aliphatic hydroxyl groups excluding tert-OH is 1. The van der Waals surface area contributed by atoms with Crippen LogP contribution in [-0.4, -0.2) is 143 Å². The molecule has 2 fully saturated rings. The molecule has 3 aliphatic rings. The normalized spacial score (nSPS) is 19.2. The van der Waals surface area contributed by atoms with Crippen molar-refractivity contribution in [2.24, 2.45) is 5.41 Å². The quantitative estimate of drug-likeness (QED) is 0.0411. The molecule has 1 amide bonds. The monoisotopic (exact) mass is 958 g/mol. The van der Waals surface area contributed by atoms with Crippen LogP contribution in [0.25, 0.3) is 5.57 Å². The Hall–Kier alpha value is -4.52. The molecule has 4 N–H and O–H groups in total. The number of anilines is 2. The lowest BCUT2D eigenvalue weighted by Crippen LogP contribution is -2.49. The number of halogens is 1. The number of hydrogen-bond acceptors (Lipinski definition) is 13. The molecule has 14 nitrogen and oxygen atoms in total. The van der Waals surface area contributed by atoms with Crippen LogP contribution in [0.5, 0.6) is 0 Å². The molecule has 0 spiro atoms. The first kappa shape index (κ1) is 49.4. The van der Waals surface area contributed by atoms with Gasteiger partial charge >= 0.3 is 0 Å². The van der Waals surface area contributed by atoms with Gasteiger partial charge in [0, 0.05) is 111 Å². The van der Waals surface area contributed by atoms with Gasteiger partial charge < -0.3 is 30.4 Å². The van der Waals surface area contributed by atoms with Crippen LogP contribution in [0.4, 0.5) is 17.1 Å². The van der Waals surface area contributed by atoms with Crippen molar-refractivity contribution in [3.05, 3.63) is 129 Å². The van der Waals surface area contributed by atoms with Crippen LogP contribution in [0.15, 0.2) is 112 Å². The first-order valence-corrected chi connectivity index (χ1v) is 25.7. The second-order valence-corrected chi connectivity index (χ2v) is 21.3. The van der Waals surface area contributed by atoms with Crippen LogP contribution in [-0.2, 0) is 10.0 Å². The van der Waals surface area contributed by atoms with E-state index >= 15 is 0 Å². The number of nitro benzene ring substituents is 1.